The van der Waals surface area contributed by atoms with E-state index in [2.05, 4.69) is 15.9 Å². The lowest BCUT2D eigenvalue weighted by Gasteiger charge is -2.09. The molecule has 0 fully saturated rings. The van der Waals surface area contributed by atoms with Gasteiger partial charge in [-0.1, -0.05) is 34.1 Å². The van der Waals surface area contributed by atoms with Gasteiger partial charge in [0, 0.05) is 10.9 Å². The van der Waals surface area contributed by atoms with E-state index >= 15 is 0 Å². The molecular formula is C9H8BrO2-. The number of carboxylic acids is 1. The predicted molar refractivity (Wildman–Crippen MR) is 48.1 cm³/mol. The molecule has 1 aromatic carbocycles. The number of carbonyl (C=O) groups excluding carboxylic acids is 1. The van der Waals surface area contributed by atoms with Crippen LogP contribution in [0.4, 0.5) is 0 Å². The van der Waals surface area contributed by atoms with E-state index < -0.39 is 5.97 Å². The van der Waals surface area contributed by atoms with Crippen LogP contribution in [0.1, 0.15) is 21.5 Å². The number of aromatic carboxylic acids is 1. The Hall–Kier alpha value is -0.830. The minimum absolute atomic E-state index is 0.270. The van der Waals surface area contributed by atoms with Crippen LogP contribution in [0.25, 0.3) is 0 Å². The number of carboxylic acid groups (broad SMARTS) is 1. The van der Waals surface area contributed by atoms with Gasteiger partial charge in [0.25, 0.3) is 0 Å². The maximum atomic E-state index is 10.6. The smallest absolute Gasteiger partial charge is 0.0718 e. The molecule has 3 heteroatoms. The molecule has 12 heavy (non-hydrogen) atoms. The van der Waals surface area contributed by atoms with Crippen molar-refractivity contribution in [3.05, 3.63) is 34.9 Å². The van der Waals surface area contributed by atoms with E-state index in [4.69, 9.17) is 0 Å². The first kappa shape index (κ1) is 9.26. The van der Waals surface area contributed by atoms with Gasteiger partial charge in [-0.2, -0.15) is 0 Å². The Labute approximate surface area is 79.3 Å². The Balaban J connectivity index is 3.23. The molecule has 0 atom stereocenters. The van der Waals surface area contributed by atoms with Crippen molar-refractivity contribution in [1.29, 1.82) is 0 Å². The summed E-state index contributed by atoms with van der Waals surface area (Å²) < 4.78 is 0. The molecule has 0 amide bonds. The summed E-state index contributed by atoms with van der Waals surface area (Å²) in [4.78, 5) is 10.6. The van der Waals surface area contributed by atoms with Crippen molar-refractivity contribution >= 4 is 21.9 Å². The van der Waals surface area contributed by atoms with E-state index in [0.29, 0.717) is 5.33 Å². The summed E-state index contributed by atoms with van der Waals surface area (Å²) in [6, 6.07) is 5.15. The second kappa shape index (κ2) is 3.72. The average Bonchev–Trinajstić information content (AvgIpc) is 2.04. The van der Waals surface area contributed by atoms with Gasteiger partial charge in [-0.25, -0.2) is 0 Å². The van der Waals surface area contributed by atoms with Crippen molar-refractivity contribution in [3.63, 3.8) is 0 Å². The molecule has 0 radical (unpaired) electrons. The summed E-state index contributed by atoms with van der Waals surface area (Å²) in [5, 5.41) is 11.2. The molecule has 0 saturated carbocycles. The number of hydrogen-bond acceptors (Lipinski definition) is 2. The standard InChI is InChI=1S/C9H9BrO2/c1-6-7(5-10)3-2-4-8(6)9(11)12/h2-4H,5H2,1H3,(H,11,12)/p-1. The third kappa shape index (κ3) is 1.67. The fourth-order valence-corrected chi connectivity index (χ4v) is 1.66. The van der Waals surface area contributed by atoms with Crippen LogP contribution in [0.3, 0.4) is 0 Å². The zero-order valence-electron chi connectivity index (χ0n) is 6.63. The molecule has 0 aliphatic heterocycles. The van der Waals surface area contributed by atoms with Gasteiger partial charge in [-0.15, -0.1) is 0 Å². The van der Waals surface area contributed by atoms with Crippen LogP contribution in [0.2, 0.25) is 0 Å². The third-order valence-electron chi connectivity index (χ3n) is 1.81. The lowest BCUT2D eigenvalue weighted by Crippen LogP contribution is -2.23. The van der Waals surface area contributed by atoms with Crippen LogP contribution in [0.5, 0.6) is 0 Å². The monoisotopic (exact) mass is 227 g/mol. The number of rotatable bonds is 2. The van der Waals surface area contributed by atoms with Crippen LogP contribution in [0.15, 0.2) is 18.2 Å². The highest BCUT2D eigenvalue weighted by Gasteiger charge is 2.02. The molecule has 0 bridgehead atoms. The second-order valence-electron chi connectivity index (χ2n) is 2.51. The number of hydrogen-bond donors (Lipinski definition) is 0. The van der Waals surface area contributed by atoms with Gasteiger partial charge in [-0.3, -0.25) is 0 Å². The summed E-state index contributed by atoms with van der Waals surface area (Å²) in [7, 11) is 0. The largest absolute Gasteiger partial charge is 0.545 e. The maximum absolute atomic E-state index is 10.6. The lowest BCUT2D eigenvalue weighted by molar-refractivity contribution is -0.255. The van der Waals surface area contributed by atoms with E-state index in [1.807, 2.05) is 6.07 Å². The van der Waals surface area contributed by atoms with E-state index in [1.165, 1.54) is 0 Å². The molecule has 0 aromatic heterocycles. The number of halogens is 1. The first-order valence-electron chi connectivity index (χ1n) is 3.52. The maximum Gasteiger partial charge on any atom is 0.0718 e. The van der Waals surface area contributed by atoms with Gasteiger partial charge in [0.05, 0.1) is 5.97 Å². The quantitative estimate of drug-likeness (QED) is 0.714. The average molecular weight is 228 g/mol. The molecule has 0 heterocycles. The first-order valence-corrected chi connectivity index (χ1v) is 4.64. The Morgan fingerprint density at radius 1 is 1.58 bits per heavy atom. The minimum atomic E-state index is -1.12. The summed E-state index contributed by atoms with van der Waals surface area (Å²) in [5.74, 6) is -1.12. The summed E-state index contributed by atoms with van der Waals surface area (Å²) in [5.41, 5.74) is 2.03. The van der Waals surface area contributed by atoms with Crippen molar-refractivity contribution in [1.82, 2.24) is 0 Å². The van der Waals surface area contributed by atoms with Crippen LogP contribution >= 0.6 is 15.9 Å². The molecular weight excluding hydrogens is 220 g/mol. The van der Waals surface area contributed by atoms with Gasteiger partial charge in [-0.05, 0) is 18.1 Å². The third-order valence-corrected chi connectivity index (χ3v) is 2.41. The molecule has 1 rings (SSSR count). The van der Waals surface area contributed by atoms with Crippen molar-refractivity contribution in [2.45, 2.75) is 12.3 Å². The fourth-order valence-electron chi connectivity index (χ4n) is 1.05. The summed E-state index contributed by atoms with van der Waals surface area (Å²) in [6.45, 7) is 1.78. The number of benzene rings is 1. The molecule has 1 aromatic rings. The Morgan fingerprint density at radius 2 is 2.25 bits per heavy atom. The molecule has 0 N–H and O–H groups in total. The Kier molecular flexibility index (Phi) is 2.87. The Morgan fingerprint density at radius 3 is 2.75 bits per heavy atom. The van der Waals surface area contributed by atoms with Gasteiger partial charge >= 0.3 is 0 Å². The van der Waals surface area contributed by atoms with Crippen molar-refractivity contribution in [2.75, 3.05) is 0 Å². The van der Waals surface area contributed by atoms with Gasteiger partial charge in [0.2, 0.25) is 0 Å². The highest BCUT2D eigenvalue weighted by atomic mass is 79.9. The molecule has 0 aliphatic rings. The van der Waals surface area contributed by atoms with Crippen molar-refractivity contribution < 1.29 is 9.90 Å². The minimum Gasteiger partial charge on any atom is -0.545 e. The van der Waals surface area contributed by atoms with Crippen molar-refractivity contribution in [2.24, 2.45) is 0 Å². The van der Waals surface area contributed by atoms with Gasteiger partial charge < -0.3 is 9.90 Å². The molecule has 64 valence electrons. The van der Waals surface area contributed by atoms with Crippen LogP contribution in [-0.4, -0.2) is 5.97 Å². The van der Waals surface area contributed by atoms with E-state index in [1.54, 1.807) is 19.1 Å². The molecule has 0 spiro atoms. The first-order chi connectivity index (χ1) is 5.66. The van der Waals surface area contributed by atoms with Crippen LogP contribution in [-0.2, 0) is 5.33 Å². The zero-order valence-corrected chi connectivity index (χ0v) is 8.22. The van der Waals surface area contributed by atoms with E-state index in [-0.39, 0.29) is 5.56 Å². The topological polar surface area (TPSA) is 40.1 Å². The molecule has 0 saturated heterocycles. The SMILES string of the molecule is Cc1c(CBr)cccc1C(=O)[O-]. The highest BCUT2D eigenvalue weighted by molar-refractivity contribution is 9.08. The molecule has 0 aliphatic carbocycles. The normalized spacial score (nSPS) is 9.83. The van der Waals surface area contributed by atoms with Crippen LogP contribution in [0, 0.1) is 6.92 Å². The van der Waals surface area contributed by atoms with E-state index in [0.717, 1.165) is 11.1 Å². The number of alkyl halides is 1. The lowest BCUT2D eigenvalue weighted by atomic mass is 10.0. The highest BCUT2D eigenvalue weighted by Crippen LogP contribution is 2.15. The van der Waals surface area contributed by atoms with Crippen molar-refractivity contribution in [3.8, 4) is 0 Å². The summed E-state index contributed by atoms with van der Waals surface area (Å²) >= 11 is 3.28. The fraction of sp³-hybridized carbons (Fsp3) is 0.222. The summed E-state index contributed by atoms with van der Waals surface area (Å²) in [6.07, 6.45) is 0. The number of carbonyl (C=O) groups is 1. The molecule has 0 unspecified atom stereocenters. The predicted octanol–water partition coefficient (Wildman–Crippen LogP) is 1.25. The Bertz CT molecular complexity index is 307. The van der Waals surface area contributed by atoms with Gasteiger partial charge in [0.15, 0.2) is 0 Å². The van der Waals surface area contributed by atoms with Gasteiger partial charge in [0.1, 0.15) is 0 Å². The second-order valence-corrected chi connectivity index (χ2v) is 3.07. The zero-order chi connectivity index (χ0) is 9.14. The molecule has 2 nitrogen and oxygen atoms in total. The van der Waals surface area contributed by atoms with Crippen LogP contribution < -0.4 is 5.11 Å². The van der Waals surface area contributed by atoms with E-state index in [9.17, 15) is 9.90 Å².